The van der Waals surface area contributed by atoms with E-state index in [1.807, 2.05) is 0 Å². The zero-order valence-corrected chi connectivity index (χ0v) is 50.1. The Hall–Kier alpha value is -11.1. The van der Waals surface area contributed by atoms with Gasteiger partial charge < -0.3 is 9.13 Å². The highest BCUT2D eigenvalue weighted by Crippen LogP contribution is 2.39. The Morgan fingerprint density at radius 3 is 0.739 bits per heavy atom. The molecule has 0 aliphatic carbocycles. The summed E-state index contributed by atoms with van der Waals surface area (Å²) in [6.07, 6.45) is 0. The quantitative estimate of drug-likeness (QED) is 0.0854. The molecule has 13 aromatic carbocycles. The summed E-state index contributed by atoms with van der Waals surface area (Å²) in [7, 11) is -6.57. The van der Waals surface area contributed by atoms with Crippen LogP contribution in [0.5, 0.6) is 0 Å². The van der Waals surface area contributed by atoms with Gasteiger partial charge >= 0.3 is 0 Å². The molecule has 0 saturated carbocycles. The fourth-order valence-corrected chi connectivity index (χ4v) is 23.9. The molecule has 0 aliphatic rings. The smallest absolute Gasteiger partial charge is 0.179 e. The summed E-state index contributed by atoms with van der Waals surface area (Å²) in [5.74, 6) is 1.71. The average molecular weight is 1160 g/mol. The van der Waals surface area contributed by atoms with Crippen LogP contribution in [0.1, 0.15) is 0 Å². The van der Waals surface area contributed by atoms with E-state index < -0.39 is 16.1 Å². The van der Waals surface area contributed by atoms with Crippen LogP contribution in [-0.2, 0) is 0 Å². The van der Waals surface area contributed by atoms with Crippen molar-refractivity contribution >= 4 is 101 Å². The maximum atomic E-state index is 5.89. The summed E-state index contributed by atoms with van der Waals surface area (Å²) in [6, 6.07) is 127. The highest BCUT2D eigenvalue weighted by Gasteiger charge is 2.46. The van der Waals surface area contributed by atoms with E-state index in [-0.39, 0.29) is 0 Å². The molecule has 3 heterocycles. The molecule has 0 bridgehead atoms. The minimum absolute atomic E-state index is 0.566. The lowest BCUT2D eigenvalue weighted by Gasteiger charge is -2.38. The Bertz CT molecular complexity index is 4590. The van der Waals surface area contributed by atoms with Gasteiger partial charge in [-0.3, -0.25) is 0 Å². The maximum Gasteiger partial charge on any atom is 0.179 e. The summed E-state index contributed by atoms with van der Waals surface area (Å²) < 4.78 is 4.76. The summed E-state index contributed by atoms with van der Waals surface area (Å²) in [6.45, 7) is 0. The van der Waals surface area contributed by atoms with Gasteiger partial charge in [-0.25, -0.2) is 15.0 Å². The van der Waals surface area contributed by atoms with E-state index in [4.69, 9.17) is 15.0 Å². The number of nitrogens with zero attached hydrogens (tertiary/aromatic N) is 5. The Morgan fingerprint density at radius 1 is 0.205 bits per heavy atom. The van der Waals surface area contributed by atoms with Gasteiger partial charge in [-0.15, -0.1) is 0 Å². The van der Waals surface area contributed by atoms with Gasteiger partial charge in [0.15, 0.2) is 33.6 Å². The zero-order valence-electron chi connectivity index (χ0n) is 48.1. The minimum Gasteiger partial charge on any atom is -0.309 e. The van der Waals surface area contributed by atoms with Gasteiger partial charge in [0.1, 0.15) is 0 Å². The van der Waals surface area contributed by atoms with Crippen LogP contribution in [0, 0.1) is 0 Å². The van der Waals surface area contributed by atoms with Gasteiger partial charge in [-0.2, -0.15) is 0 Å². The first-order valence-electron chi connectivity index (χ1n) is 30.1. The summed E-state index contributed by atoms with van der Waals surface area (Å²) in [5.41, 5.74) is 9.03. The molecule has 3 aromatic heterocycles. The molecule has 0 saturated heterocycles. The molecule has 0 amide bonds. The Kier molecular flexibility index (Phi) is 13.2. The van der Waals surface area contributed by atoms with Crippen molar-refractivity contribution in [1.82, 2.24) is 24.1 Å². The minimum atomic E-state index is -3.28. The van der Waals surface area contributed by atoms with E-state index in [0.717, 1.165) is 50.1 Å². The maximum absolute atomic E-state index is 5.89. The summed E-state index contributed by atoms with van der Waals surface area (Å²) >= 11 is 0. The third kappa shape index (κ3) is 8.54. The van der Waals surface area contributed by atoms with Crippen LogP contribution >= 0.6 is 0 Å². The zero-order chi connectivity index (χ0) is 58.4. The number of rotatable bonds is 13. The Morgan fingerprint density at radius 2 is 0.443 bits per heavy atom. The normalized spacial score (nSPS) is 11.9. The van der Waals surface area contributed by atoms with Gasteiger partial charge in [0.2, 0.25) is 0 Å². The van der Waals surface area contributed by atoms with Crippen molar-refractivity contribution in [2.45, 2.75) is 0 Å². The van der Waals surface area contributed by atoms with E-state index in [1.165, 1.54) is 63.0 Å². The number of fused-ring (bicyclic) bond motifs is 6. The van der Waals surface area contributed by atoms with Crippen LogP contribution in [0.25, 0.3) is 89.2 Å². The lowest BCUT2D eigenvalue weighted by atomic mass is 10.1. The largest absolute Gasteiger partial charge is 0.309 e. The van der Waals surface area contributed by atoms with Crippen LogP contribution in [0.3, 0.4) is 0 Å². The second-order valence-corrected chi connectivity index (χ2v) is 30.2. The molecule has 5 nitrogen and oxygen atoms in total. The lowest BCUT2D eigenvalue weighted by molar-refractivity contribution is 1.06. The van der Waals surface area contributed by atoms with Crippen molar-refractivity contribution in [2.75, 3.05) is 0 Å². The fraction of sp³-hybridized carbons (Fsp3) is 0. The van der Waals surface area contributed by atoms with Crippen LogP contribution in [0.2, 0.25) is 0 Å². The highest BCUT2D eigenvalue weighted by atomic mass is 28.3. The Balaban J connectivity index is 1.06. The summed E-state index contributed by atoms with van der Waals surface area (Å²) in [5, 5.41) is 14.8. The molecular weight excluding hydrogens is 1100 g/mol. The van der Waals surface area contributed by atoms with Crippen molar-refractivity contribution in [3.05, 3.63) is 346 Å². The SMILES string of the molecule is c1ccc([Si](c2ccccc2)(c2ccccc2)c2cc(-c3nc(-c4ccccc4-n4c5ccccc5c5ccccc54)nc(-c4ccccc4-n4c5ccccc5c5ccccc54)n3)cc([Si](c3ccccc3)(c3ccccc3)c3ccccc3)c2)cc1. The lowest BCUT2D eigenvalue weighted by Crippen LogP contribution is -2.78. The van der Waals surface area contributed by atoms with Gasteiger partial charge in [-0.1, -0.05) is 297 Å². The van der Waals surface area contributed by atoms with Crippen molar-refractivity contribution in [1.29, 1.82) is 0 Å². The average Bonchev–Trinajstić information content (AvgIpc) is 1.08. The van der Waals surface area contributed by atoms with E-state index >= 15 is 0 Å². The molecule has 0 spiro atoms. The topological polar surface area (TPSA) is 48.5 Å². The Labute approximate surface area is 513 Å². The molecule has 7 heteroatoms. The number of aromatic nitrogens is 5. The molecule has 16 aromatic rings. The molecule has 0 fully saturated rings. The van der Waals surface area contributed by atoms with E-state index in [9.17, 15) is 0 Å². The third-order valence-corrected chi connectivity index (χ3v) is 27.4. The number of hydrogen-bond acceptors (Lipinski definition) is 3. The van der Waals surface area contributed by atoms with Gasteiger partial charge in [0, 0.05) is 38.2 Å². The highest BCUT2D eigenvalue weighted by molar-refractivity contribution is 7.22. The molecule has 0 atom stereocenters. The van der Waals surface area contributed by atoms with Crippen LogP contribution in [-0.4, -0.2) is 40.2 Å². The van der Waals surface area contributed by atoms with Gasteiger partial charge in [0.05, 0.1) is 33.4 Å². The first-order valence-corrected chi connectivity index (χ1v) is 34.1. The van der Waals surface area contributed by atoms with Gasteiger partial charge in [0.25, 0.3) is 0 Å². The van der Waals surface area contributed by atoms with E-state index in [1.54, 1.807) is 0 Å². The molecule has 88 heavy (non-hydrogen) atoms. The predicted octanol–water partition coefficient (Wildman–Crippen LogP) is 13.8. The molecule has 0 unspecified atom stereocenters. The molecule has 414 valence electrons. The molecular formula is C81H57N5Si2. The second-order valence-electron chi connectivity index (χ2n) is 22.6. The standard InChI is InChI=1S/C81H57N5Si2/c1-7-31-59(32-8-1)87(60-33-9-2-10-34-60,61-35-11-3-12-36-61)65-55-58(56-66(57-65)88(62-37-13-4-14-38-62,63-39-15-5-16-40-63)64-41-17-6-18-42-64)79-82-80(71-47-23-29-53-77(71)85-73-49-25-19-43-67(73)68-44-20-26-50-74(68)85)84-81(83-79)72-48-24-30-54-78(72)86-75-51-27-21-45-69(75)70-46-22-28-52-76(70)86/h1-57H. The van der Waals surface area contributed by atoms with Crippen LogP contribution < -0.4 is 41.5 Å². The van der Waals surface area contributed by atoms with Gasteiger partial charge in [-0.05, 0) is 90.0 Å². The van der Waals surface area contributed by atoms with E-state index in [0.29, 0.717) is 17.5 Å². The number of benzene rings is 13. The molecule has 0 N–H and O–H groups in total. The monoisotopic (exact) mass is 1160 g/mol. The number of para-hydroxylation sites is 6. The van der Waals surface area contributed by atoms with Crippen LogP contribution in [0.4, 0.5) is 0 Å². The molecule has 0 radical (unpaired) electrons. The van der Waals surface area contributed by atoms with Crippen LogP contribution in [0.15, 0.2) is 346 Å². The van der Waals surface area contributed by atoms with Crippen molar-refractivity contribution < 1.29 is 0 Å². The summed E-state index contributed by atoms with van der Waals surface area (Å²) in [4.78, 5) is 17.5. The first kappa shape index (κ1) is 52.5. The number of hydrogen-bond donors (Lipinski definition) is 0. The first-order chi connectivity index (χ1) is 43.7. The third-order valence-electron chi connectivity index (χ3n) is 17.9. The molecule has 16 rings (SSSR count). The van der Waals surface area contributed by atoms with E-state index in [2.05, 4.69) is 355 Å². The van der Waals surface area contributed by atoms with Crippen molar-refractivity contribution in [3.8, 4) is 45.5 Å². The molecule has 0 aliphatic heterocycles. The van der Waals surface area contributed by atoms with Crippen molar-refractivity contribution in [2.24, 2.45) is 0 Å². The second kappa shape index (κ2) is 22.1. The predicted molar refractivity (Wildman–Crippen MR) is 372 cm³/mol. The fourth-order valence-electron chi connectivity index (χ4n) is 14.1. The van der Waals surface area contributed by atoms with Crippen molar-refractivity contribution in [3.63, 3.8) is 0 Å².